The highest BCUT2D eigenvalue weighted by Gasteiger charge is 2.65. The van der Waals surface area contributed by atoms with Crippen LogP contribution in [0.3, 0.4) is 0 Å². The van der Waals surface area contributed by atoms with Gasteiger partial charge in [-0.05, 0) is 0 Å². The molecule has 0 amide bonds. The van der Waals surface area contributed by atoms with Gasteiger partial charge in [0, 0.05) is 6.92 Å². The van der Waals surface area contributed by atoms with E-state index in [1.807, 2.05) is 12.6 Å². The molecule has 10 heteroatoms. The van der Waals surface area contributed by atoms with Crippen LogP contribution in [0.15, 0.2) is 0 Å². The summed E-state index contributed by atoms with van der Waals surface area (Å²) in [7, 11) is 0. The molecular formula is C5H4F8OS. The molecule has 0 saturated carbocycles. The Morgan fingerprint density at radius 2 is 1.20 bits per heavy atom. The lowest BCUT2D eigenvalue weighted by Gasteiger charge is -2.30. The first kappa shape index (κ1) is 14.8. The second-order valence-corrected chi connectivity index (χ2v) is 3.14. The molecule has 0 bridgehead atoms. The van der Waals surface area contributed by atoms with Gasteiger partial charge in [0.1, 0.15) is 0 Å². The van der Waals surface area contributed by atoms with E-state index in [-0.39, 0.29) is 0 Å². The third-order valence-electron chi connectivity index (χ3n) is 1.18. The number of hydrogen-bond donors (Lipinski definition) is 1. The van der Waals surface area contributed by atoms with Crippen molar-refractivity contribution < 1.29 is 39.9 Å². The first-order valence-corrected chi connectivity index (χ1v) is 3.59. The van der Waals surface area contributed by atoms with Crippen molar-refractivity contribution in [2.24, 2.45) is 0 Å². The van der Waals surface area contributed by atoms with Crippen LogP contribution in [0.4, 0.5) is 35.1 Å². The SMILES string of the molecule is CC(F)(OC(F)(F)C(F)(F)S)C(F)(F)F. The van der Waals surface area contributed by atoms with Crippen molar-refractivity contribution in [3.8, 4) is 0 Å². The first-order valence-electron chi connectivity index (χ1n) is 3.14. The molecule has 1 unspecified atom stereocenters. The molecule has 0 aromatic rings. The molecule has 92 valence electrons. The van der Waals surface area contributed by atoms with Crippen molar-refractivity contribution in [1.29, 1.82) is 0 Å². The number of halogens is 8. The standard InChI is InChI=1S/C5H4F8OS/c1-2(6,3(7,8)9)14-4(10,11)5(12,13)15/h15H,1H3. The Balaban J connectivity index is 4.89. The van der Waals surface area contributed by atoms with E-state index >= 15 is 0 Å². The molecule has 0 spiro atoms. The number of rotatable bonds is 3. The van der Waals surface area contributed by atoms with Gasteiger partial charge >= 0.3 is 23.4 Å². The van der Waals surface area contributed by atoms with Gasteiger partial charge in [-0.25, -0.2) is 4.39 Å². The Kier molecular flexibility index (Phi) is 3.59. The van der Waals surface area contributed by atoms with Crippen LogP contribution in [0.2, 0.25) is 0 Å². The molecule has 0 fully saturated rings. The summed E-state index contributed by atoms with van der Waals surface area (Å²) in [5, 5.41) is -5.23. The summed E-state index contributed by atoms with van der Waals surface area (Å²) in [5.74, 6) is -4.90. The number of thiol groups is 1. The average molecular weight is 264 g/mol. The third kappa shape index (κ3) is 3.37. The van der Waals surface area contributed by atoms with Crippen LogP contribution in [0, 0.1) is 0 Å². The van der Waals surface area contributed by atoms with Crippen LogP contribution in [-0.4, -0.2) is 23.4 Å². The zero-order valence-electron chi connectivity index (χ0n) is 6.88. The van der Waals surface area contributed by atoms with Crippen molar-refractivity contribution in [1.82, 2.24) is 0 Å². The van der Waals surface area contributed by atoms with Crippen molar-refractivity contribution >= 4 is 12.6 Å². The summed E-state index contributed by atoms with van der Waals surface area (Å²) in [5.41, 5.74) is 0. The molecular weight excluding hydrogens is 260 g/mol. The van der Waals surface area contributed by atoms with E-state index in [1.165, 1.54) is 0 Å². The Morgan fingerprint density at radius 1 is 0.867 bits per heavy atom. The van der Waals surface area contributed by atoms with Gasteiger partial charge in [-0.1, -0.05) is 12.6 Å². The third-order valence-corrected chi connectivity index (χ3v) is 1.44. The lowest BCUT2D eigenvalue weighted by atomic mass is 10.3. The fourth-order valence-electron chi connectivity index (χ4n) is 0.360. The maximum atomic E-state index is 12.4. The van der Waals surface area contributed by atoms with Gasteiger partial charge < -0.3 is 0 Å². The zero-order valence-corrected chi connectivity index (χ0v) is 7.77. The Labute approximate surface area is 83.8 Å². The molecule has 0 rings (SSSR count). The van der Waals surface area contributed by atoms with Gasteiger partial charge in [-0.3, -0.25) is 4.74 Å². The minimum absolute atomic E-state index is 0.458. The summed E-state index contributed by atoms with van der Waals surface area (Å²) in [6, 6.07) is 0. The molecule has 15 heavy (non-hydrogen) atoms. The topological polar surface area (TPSA) is 9.23 Å². The highest BCUT2D eigenvalue weighted by atomic mass is 32.1. The zero-order chi connectivity index (χ0) is 12.7. The van der Waals surface area contributed by atoms with E-state index < -0.39 is 30.3 Å². The van der Waals surface area contributed by atoms with E-state index in [0.717, 1.165) is 0 Å². The van der Waals surface area contributed by atoms with Crippen LogP contribution in [0.1, 0.15) is 6.92 Å². The Bertz CT molecular complexity index is 204. The molecule has 0 saturated heterocycles. The van der Waals surface area contributed by atoms with Gasteiger partial charge in [0.05, 0.1) is 0 Å². The van der Waals surface area contributed by atoms with Crippen molar-refractivity contribution in [2.75, 3.05) is 0 Å². The molecule has 0 aliphatic carbocycles. The monoisotopic (exact) mass is 264 g/mol. The molecule has 0 aromatic heterocycles. The van der Waals surface area contributed by atoms with E-state index in [9.17, 15) is 35.1 Å². The summed E-state index contributed by atoms with van der Waals surface area (Å²) < 4.78 is 97.9. The fraction of sp³-hybridized carbons (Fsp3) is 1.00. The van der Waals surface area contributed by atoms with Crippen molar-refractivity contribution in [3.05, 3.63) is 0 Å². The van der Waals surface area contributed by atoms with E-state index in [4.69, 9.17) is 0 Å². The molecule has 0 aliphatic rings. The summed E-state index contributed by atoms with van der Waals surface area (Å²) >= 11 is 2.00. The maximum absolute atomic E-state index is 12.4. The predicted octanol–water partition coefficient (Wildman–Crippen LogP) is 3.37. The van der Waals surface area contributed by atoms with Crippen LogP contribution in [-0.2, 0) is 4.74 Å². The second-order valence-electron chi connectivity index (χ2n) is 2.57. The molecule has 0 aromatic carbocycles. The first-order chi connectivity index (χ1) is 6.21. The van der Waals surface area contributed by atoms with E-state index in [2.05, 4.69) is 4.74 Å². The van der Waals surface area contributed by atoms with Crippen LogP contribution >= 0.6 is 12.6 Å². The van der Waals surface area contributed by atoms with Gasteiger partial charge in [0.25, 0.3) is 0 Å². The molecule has 1 atom stereocenters. The average Bonchev–Trinajstić information content (AvgIpc) is 1.77. The molecule has 0 radical (unpaired) electrons. The second kappa shape index (κ2) is 3.65. The summed E-state index contributed by atoms with van der Waals surface area (Å²) in [6.07, 6.45) is -11.6. The summed E-state index contributed by atoms with van der Waals surface area (Å²) in [4.78, 5) is 0. The molecule has 0 N–H and O–H groups in total. The van der Waals surface area contributed by atoms with Crippen molar-refractivity contribution in [3.63, 3.8) is 0 Å². The Hall–Kier alpha value is -0.250. The minimum Gasteiger partial charge on any atom is -0.269 e. The van der Waals surface area contributed by atoms with E-state index in [1.54, 1.807) is 0 Å². The normalized spacial score (nSPS) is 18.8. The van der Waals surface area contributed by atoms with Gasteiger partial charge in [-0.15, -0.1) is 0 Å². The highest BCUT2D eigenvalue weighted by molar-refractivity contribution is 7.81. The van der Waals surface area contributed by atoms with Gasteiger partial charge in [-0.2, -0.15) is 30.7 Å². The van der Waals surface area contributed by atoms with E-state index in [0.29, 0.717) is 0 Å². The number of alkyl halides is 8. The van der Waals surface area contributed by atoms with Crippen molar-refractivity contribution in [2.45, 2.75) is 30.3 Å². The van der Waals surface area contributed by atoms with Gasteiger partial charge in [0.15, 0.2) is 0 Å². The molecule has 0 aliphatic heterocycles. The largest absolute Gasteiger partial charge is 0.448 e. The van der Waals surface area contributed by atoms with Crippen LogP contribution in [0.25, 0.3) is 0 Å². The molecule has 1 nitrogen and oxygen atoms in total. The number of ether oxygens (including phenoxy) is 1. The molecule has 0 heterocycles. The lowest BCUT2D eigenvalue weighted by molar-refractivity contribution is -0.431. The highest BCUT2D eigenvalue weighted by Crippen LogP contribution is 2.45. The smallest absolute Gasteiger partial charge is 0.269 e. The van der Waals surface area contributed by atoms with Gasteiger partial charge in [0.2, 0.25) is 0 Å². The predicted molar refractivity (Wildman–Crippen MR) is 35.5 cm³/mol. The lowest BCUT2D eigenvalue weighted by Crippen LogP contribution is -2.50. The summed E-state index contributed by atoms with van der Waals surface area (Å²) in [6.45, 7) is -0.458. The van der Waals surface area contributed by atoms with Crippen LogP contribution < -0.4 is 0 Å². The van der Waals surface area contributed by atoms with Crippen LogP contribution in [0.5, 0.6) is 0 Å². The number of hydrogen-bond acceptors (Lipinski definition) is 2. The minimum atomic E-state index is -5.87. The quantitative estimate of drug-likeness (QED) is 0.607. The Morgan fingerprint density at radius 3 is 1.40 bits per heavy atom. The maximum Gasteiger partial charge on any atom is 0.448 e. The fourth-order valence-corrected chi connectivity index (χ4v) is 0.406.